The van der Waals surface area contributed by atoms with Crippen LogP contribution in [0.5, 0.6) is 5.75 Å². The number of nitrogens with one attached hydrogen (secondary N) is 1. The van der Waals surface area contributed by atoms with Gasteiger partial charge in [-0.1, -0.05) is 6.92 Å². The Morgan fingerprint density at radius 2 is 2.10 bits per heavy atom. The fourth-order valence-electron chi connectivity index (χ4n) is 2.24. The summed E-state index contributed by atoms with van der Waals surface area (Å²) in [7, 11) is 1.30. The summed E-state index contributed by atoms with van der Waals surface area (Å²) in [4.78, 5) is 11.9. The topological polar surface area (TPSA) is 47.6 Å². The van der Waals surface area contributed by atoms with Gasteiger partial charge in [-0.3, -0.25) is 4.79 Å². The van der Waals surface area contributed by atoms with Gasteiger partial charge in [0.1, 0.15) is 11.4 Å². The van der Waals surface area contributed by atoms with Crippen molar-refractivity contribution in [3.63, 3.8) is 0 Å². The predicted molar refractivity (Wildman–Crippen MR) is 75.2 cm³/mol. The number of halogens is 2. The van der Waals surface area contributed by atoms with Gasteiger partial charge in [-0.05, 0) is 32.5 Å². The Hall–Kier alpha value is -1.69. The van der Waals surface area contributed by atoms with Crippen LogP contribution in [-0.4, -0.2) is 31.3 Å². The quantitative estimate of drug-likeness (QED) is 0.787. The minimum Gasteiger partial charge on any atom is -0.487 e. The molecule has 0 amide bonds. The van der Waals surface area contributed by atoms with Crippen molar-refractivity contribution < 1.29 is 23.0 Å². The molecular formula is C15H21F2NO3. The van der Waals surface area contributed by atoms with Crippen LogP contribution in [0.15, 0.2) is 18.2 Å². The summed E-state index contributed by atoms with van der Waals surface area (Å²) in [6.07, 6.45) is -0.256. The number of carbonyl (C=O) groups excluding carboxylic acids is 1. The van der Waals surface area contributed by atoms with E-state index in [-0.39, 0.29) is 12.2 Å². The van der Waals surface area contributed by atoms with Crippen molar-refractivity contribution in [3.8, 4) is 5.75 Å². The Bertz CT molecular complexity index is 496. The second kappa shape index (κ2) is 7.36. The number of carbonyl (C=O) groups is 1. The zero-order valence-electron chi connectivity index (χ0n) is 12.7. The van der Waals surface area contributed by atoms with E-state index in [4.69, 9.17) is 9.47 Å². The molecule has 0 aliphatic carbocycles. The molecule has 0 radical (unpaired) electrons. The van der Waals surface area contributed by atoms with E-state index in [0.717, 1.165) is 18.2 Å². The maximum atomic E-state index is 13.5. The molecule has 0 heterocycles. The smallest absolute Gasteiger partial charge is 0.325 e. The molecule has 0 spiro atoms. The first kappa shape index (κ1) is 17.4. The van der Waals surface area contributed by atoms with Crippen LogP contribution in [0, 0.1) is 11.6 Å². The van der Waals surface area contributed by atoms with Gasteiger partial charge in [-0.2, -0.15) is 0 Å². The summed E-state index contributed by atoms with van der Waals surface area (Å²) in [6.45, 7) is 5.79. The number of likely N-dealkylation sites (N-methyl/N-ethyl adjacent to an activating group) is 1. The van der Waals surface area contributed by atoms with Crippen LogP contribution in [0.1, 0.15) is 27.2 Å². The van der Waals surface area contributed by atoms with E-state index in [2.05, 4.69) is 5.32 Å². The molecule has 0 aliphatic rings. The van der Waals surface area contributed by atoms with Crippen molar-refractivity contribution in [2.75, 3.05) is 13.7 Å². The molecule has 1 aromatic carbocycles. The molecule has 21 heavy (non-hydrogen) atoms. The molecule has 4 nitrogen and oxygen atoms in total. The van der Waals surface area contributed by atoms with Crippen LogP contribution in [0.3, 0.4) is 0 Å². The van der Waals surface area contributed by atoms with E-state index in [1.54, 1.807) is 13.8 Å². The Kier molecular flexibility index (Phi) is 6.08. The number of hydrogen-bond donors (Lipinski definition) is 1. The summed E-state index contributed by atoms with van der Waals surface area (Å²) >= 11 is 0. The second-order valence-electron chi connectivity index (χ2n) is 5.06. The monoisotopic (exact) mass is 301 g/mol. The first-order chi connectivity index (χ1) is 9.82. The molecule has 2 unspecified atom stereocenters. The van der Waals surface area contributed by atoms with E-state index < -0.39 is 29.2 Å². The first-order valence-corrected chi connectivity index (χ1v) is 6.77. The Labute approximate surface area is 123 Å². The molecular weight excluding hydrogens is 280 g/mol. The molecule has 0 saturated carbocycles. The Morgan fingerprint density at radius 3 is 2.67 bits per heavy atom. The lowest BCUT2D eigenvalue weighted by Gasteiger charge is -2.30. The van der Waals surface area contributed by atoms with Crippen molar-refractivity contribution in [1.82, 2.24) is 5.32 Å². The fourth-order valence-corrected chi connectivity index (χ4v) is 2.24. The molecule has 1 N–H and O–H groups in total. The van der Waals surface area contributed by atoms with Crippen molar-refractivity contribution in [2.24, 2.45) is 0 Å². The largest absolute Gasteiger partial charge is 0.487 e. The SMILES string of the molecule is CCNC(C)(CC(C)Oc1cc(F)ccc1F)C(=O)OC. The highest BCUT2D eigenvalue weighted by molar-refractivity contribution is 5.80. The molecule has 2 atom stereocenters. The molecule has 0 saturated heterocycles. The van der Waals surface area contributed by atoms with Crippen molar-refractivity contribution >= 4 is 5.97 Å². The lowest BCUT2D eigenvalue weighted by molar-refractivity contribution is -0.149. The van der Waals surface area contributed by atoms with E-state index in [1.165, 1.54) is 7.11 Å². The molecule has 0 aliphatic heterocycles. The van der Waals surface area contributed by atoms with E-state index >= 15 is 0 Å². The average molecular weight is 301 g/mol. The number of rotatable bonds is 7. The molecule has 6 heteroatoms. The summed E-state index contributed by atoms with van der Waals surface area (Å²) in [6, 6.07) is 3.00. The number of ether oxygens (including phenoxy) is 2. The van der Waals surface area contributed by atoms with Gasteiger partial charge in [0.25, 0.3) is 0 Å². The fraction of sp³-hybridized carbons (Fsp3) is 0.533. The highest BCUT2D eigenvalue weighted by atomic mass is 19.1. The zero-order chi connectivity index (χ0) is 16.0. The minimum atomic E-state index is -0.952. The van der Waals surface area contributed by atoms with Crippen molar-refractivity contribution in [1.29, 1.82) is 0 Å². The summed E-state index contributed by atoms with van der Waals surface area (Å²) in [5.74, 6) is -1.83. The van der Waals surface area contributed by atoms with Crippen LogP contribution in [-0.2, 0) is 9.53 Å². The number of hydrogen-bond acceptors (Lipinski definition) is 4. The van der Waals surface area contributed by atoms with Crippen molar-refractivity contribution in [2.45, 2.75) is 38.8 Å². The van der Waals surface area contributed by atoms with Gasteiger partial charge in [0.15, 0.2) is 11.6 Å². The van der Waals surface area contributed by atoms with Gasteiger partial charge < -0.3 is 14.8 Å². The molecule has 118 valence electrons. The van der Waals surface area contributed by atoms with Gasteiger partial charge in [0.2, 0.25) is 0 Å². The van der Waals surface area contributed by atoms with Crippen LogP contribution in [0.25, 0.3) is 0 Å². The van der Waals surface area contributed by atoms with E-state index in [0.29, 0.717) is 6.54 Å². The van der Waals surface area contributed by atoms with E-state index in [9.17, 15) is 13.6 Å². The highest BCUT2D eigenvalue weighted by Gasteiger charge is 2.35. The summed E-state index contributed by atoms with van der Waals surface area (Å²) in [5.41, 5.74) is -0.952. The molecule has 0 fully saturated rings. The standard InChI is InChI=1S/C15H21F2NO3/c1-5-18-15(3,14(19)20-4)9-10(2)21-13-8-11(16)6-7-12(13)17/h6-8,10,18H,5,9H2,1-4H3. The lowest BCUT2D eigenvalue weighted by atomic mass is 9.94. The van der Waals surface area contributed by atoms with Crippen LogP contribution in [0.2, 0.25) is 0 Å². The normalized spacial score (nSPS) is 15.1. The second-order valence-corrected chi connectivity index (χ2v) is 5.06. The predicted octanol–water partition coefficient (Wildman–Crippen LogP) is 2.66. The maximum Gasteiger partial charge on any atom is 0.325 e. The Morgan fingerprint density at radius 1 is 1.43 bits per heavy atom. The third-order valence-electron chi connectivity index (χ3n) is 3.12. The highest BCUT2D eigenvalue weighted by Crippen LogP contribution is 2.23. The van der Waals surface area contributed by atoms with Gasteiger partial charge in [0.05, 0.1) is 13.2 Å². The van der Waals surface area contributed by atoms with E-state index in [1.807, 2.05) is 6.92 Å². The van der Waals surface area contributed by atoms with Crippen LogP contribution >= 0.6 is 0 Å². The Balaban J connectivity index is 2.80. The number of benzene rings is 1. The summed E-state index contributed by atoms with van der Waals surface area (Å²) < 4.78 is 36.8. The summed E-state index contributed by atoms with van der Waals surface area (Å²) in [5, 5.41) is 3.03. The van der Waals surface area contributed by atoms with Gasteiger partial charge in [-0.15, -0.1) is 0 Å². The third-order valence-corrected chi connectivity index (χ3v) is 3.12. The molecule has 1 rings (SSSR count). The number of methoxy groups -OCH3 is 1. The van der Waals surface area contributed by atoms with Gasteiger partial charge in [-0.25, -0.2) is 8.78 Å². The zero-order valence-corrected chi connectivity index (χ0v) is 12.7. The minimum absolute atomic E-state index is 0.175. The molecule has 0 aromatic heterocycles. The maximum absolute atomic E-state index is 13.5. The molecule has 1 aromatic rings. The lowest BCUT2D eigenvalue weighted by Crippen LogP contribution is -2.52. The van der Waals surface area contributed by atoms with Crippen LogP contribution in [0.4, 0.5) is 8.78 Å². The average Bonchev–Trinajstić information content (AvgIpc) is 2.42. The molecule has 0 bridgehead atoms. The van der Waals surface area contributed by atoms with Gasteiger partial charge in [0, 0.05) is 12.5 Å². The van der Waals surface area contributed by atoms with Gasteiger partial charge >= 0.3 is 5.97 Å². The number of esters is 1. The third kappa shape index (κ3) is 4.67. The van der Waals surface area contributed by atoms with Crippen molar-refractivity contribution in [3.05, 3.63) is 29.8 Å². The van der Waals surface area contributed by atoms with Crippen LogP contribution < -0.4 is 10.1 Å². The first-order valence-electron chi connectivity index (χ1n) is 6.77.